The lowest BCUT2D eigenvalue weighted by atomic mass is 9.41. The van der Waals surface area contributed by atoms with Crippen LogP contribution in [0.5, 0.6) is 0 Å². The van der Waals surface area contributed by atoms with Crippen molar-refractivity contribution in [2.45, 2.75) is 97.7 Å². The highest BCUT2D eigenvalue weighted by atomic mass is 32.2. The summed E-state index contributed by atoms with van der Waals surface area (Å²) in [6.07, 6.45) is 13.1. The lowest BCUT2D eigenvalue weighted by molar-refractivity contribution is -0.203. The molecular formula is C33H49NO5S. The van der Waals surface area contributed by atoms with Crippen LogP contribution in [0.1, 0.15) is 101 Å². The second-order valence-corrected chi connectivity index (χ2v) is 14.7. The van der Waals surface area contributed by atoms with E-state index in [1.165, 1.54) is 25.7 Å². The molecule has 0 spiro atoms. The molecule has 7 heteroatoms. The number of rotatable bonds is 7. The van der Waals surface area contributed by atoms with Crippen molar-refractivity contribution in [2.24, 2.45) is 52.3 Å². The highest BCUT2D eigenvalue weighted by molar-refractivity contribution is 7.77. The first-order valence-electron chi connectivity index (χ1n) is 15.5. The molecular weight excluding hydrogens is 522 g/mol. The number of carbonyl (C=O) groups is 1. The summed E-state index contributed by atoms with van der Waals surface area (Å²) in [5.41, 5.74) is 1.57. The summed E-state index contributed by atoms with van der Waals surface area (Å²) in [5, 5.41) is 22.5. The van der Waals surface area contributed by atoms with Crippen molar-refractivity contribution in [3.05, 3.63) is 41.5 Å². The molecule has 222 valence electrons. The third-order valence-corrected chi connectivity index (χ3v) is 12.7. The van der Waals surface area contributed by atoms with E-state index in [1.54, 1.807) is 12.1 Å². The van der Waals surface area contributed by atoms with Gasteiger partial charge in [-0.1, -0.05) is 64.5 Å². The minimum Gasteiger partial charge on any atom is -0.393 e. The molecule has 1 aromatic carbocycles. The van der Waals surface area contributed by atoms with Gasteiger partial charge in [-0.15, -0.1) is 0 Å². The molecule has 4 unspecified atom stereocenters. The van der Waals surface area contributed by atoms with Gasteiger partial charge in [-0.25, -0.2) is 8.93 Å². The molecule has 4 aliphatic rings. The van der Waals surface area contributed by atoms with E-state index in [9.17, 15) is 19.2 Å². The molecule has 4 N–H and O–H groups in total. The summed E-state index contributed by atoms with van der Waals surface area (Å²) in [7, 11) is 0. The number of carbonyl (C=O) groups excluding carboxylic acids is 1. The quantitative estimate of drug-likeness (QED) is 0.291. The van der Waals surface area contributed by atoms with E-state index in [-0.39, 0.29) is 29.0 Å². The average molecular weight is 572 g/mol. The van der Waals surface area contributed by atoms with Gasteiger partial charge in [0.2, 0.25) is 0 Å². The molecule has 0 aliphatic heterocycles. The normalized spacial score (nSPS) is 42.5. The van der Waals surface area contributed by atoms with Gasteiger partial charge in [0, 0.05) is 5.56 Å². The standard InChI is InChI=1S/C33H49NO5S/c1-5-23-28-19-22(35)15-17-33(28,4)27-16-18-32(3)25(13-14-26(32)29(27)30(23)36)20(2)9-8-11-21-10-6-7-12-24(21)31(37)34-40(38)39/h6-8,10-12,20,22-23,25-30,35-36H,5,9,13-19H2,1-4H3,(H,34,37)(H,38,39)/b11-8+/t20-,22-,23-,25-,26?,27?,28+,29?,30-,32-,33-/m1/s1. The fourth-order valence-electron chi connectivity index (χ4n) is 10.5. The van der Waals surface area contributed by atoms with E-state index in [2.05, 4.69) is 38.5 Å². The van der Waals surface area contributed by atoms with Crippen molar-refractivity contribution < 1.29 is 23.8 Å². The van der Waals surface area contributed by atoms with Gasteiger partial charge >= 0.3 is 0 Å². The Kier molecular flexibility index (Phi) is 8.70. The maximum Gasteiger partial charge on any atom is 0.265 e. The molecule has 0 radical (unpaired) electrons. The Bertz CT molecular complexity index is 1140. The van der Waals surface area contributed by atoms with Crippen LogP contribution in [0.3, 0.4) is 0 Å². The van der Waals surface area contributed by atoms with E-state index in [0.717, 1.165) is 37.7 Å². The fraction of sp³-hybridized carbons (Fsp3) is 0.727. The van der Waals surface area contributed by atoms with Crippen LogP contribution in [-0.4, -0.2) is 37.1 Å². The Balaban J connectivity index is 1.32. The van der Waals surface area contributed by atoms with Crippen molar-refractivity contribution >= 4 is 23.2 Å². The number of benzene rings is 1. The lowest BCUT2D eigenvalue weighted by Gasteiger charge is -2.64. The molecule has 40 heavy (non-hydrogen) atoms. The fourth-order valence-corrected chi connectivity index (χ4v) is 10.8. The van der Waals surface area contributed by atoms with Crippen molar-refractivity contribution in [1.82, 2.24) is 4.72 Å². The maximum absolute atomic E-state index is 12.4. The number of hydrogen-bond acceptors (Lipinski definition) is 4. The van der Waals surface area contributed by atoms with E-state index >= 15 is 0 Å². The predicted molar refractivity (Wildman–Crippen MR) is 159 cm³/mol. The summed E-state index contributed by atoms with van der Waals surface area (Å²) < 4.78 is 22.2. The average Bonchev–Trinajstić information content (AvgIpc) is 3.27. The molecule has 0 saturated heterocycles. The molecule has 12 atom stereocenters. The van der Waals surface area contributed by atoms with E-state index < -0.39 is 17.2 Å². The Morgan fingerprint density at radius 1 is 1.07 bits per heavy atom. The van der Waals surface area contributed by atoms with Gasteiger partial charge in [0.1, 0.15) is 0 Å². The number of hydrogen-bond donors (Lipinski definition) is 4. The maximum atomic E-state index is 12.4. The third-order valence-electron chi connectivity index (χ3n) is 12.3. The second-order valence-electron chi connectivity index (χ2n) is 14.0. The monoisotopic (exact) mass is 571 g/mol. The summed E-state index contributed by atoms with van der Waals surface area (Å²) in [6.45, 7) is 9.59. The van der Waals surface area contributed by atoms with Crippen LogP contribution in [0.2, 0.25) is 0 Å². The topological polar surface area (TPSA) is 107 Å². The Hall–Kier alpha value is -1.54. The van der Waals surface area contributed by atoms with E-state index in [1.807, 2.05) is 18.2 Å². The first-order valence-corrected chi connectivity index (χ1v) is 16.7. The predicted octanol–water partition coefficient (Wildman–Crippen LogP) is 6.22. The molecule has 0 aromatic heterocycles. The molecule has 5 rings (SSSR count). The molecule has 0 heterocycles. The Labute approximate surface area is 242 Å². The SMILES string of the molecule is CC[C@H]1[C@@H](O)C2C3CC[C@H]([C@H](C)C/C=C/c4ccccc4C(=O)NS(=O)O)[C@@]3(C)CCC2[C@@]2(C)CC[C@@H](O)C[C@@H]12. The van der Waals surface area contributed by atoms with E-state index in [4.69, 9.17) is 4.55 Å². The summed E-state index contributed by atoms with van der Waals surface area (Å²) >= 11 is -2.40. The molecule has 1 aromatic rings. The van der Waals surface area contributed by atoms with Crippen molar-refractivity contribution in [2.75, 3.05) is 0 Å². The van der Waals surface area contributed by atoms with Crippen LogP contribution in [0.15, 0.2) is 30.3 Å². The van der Waals surface area contributed by atoms with Gasteiger partial charge < -0.3 is 10.2 Å². The largest absolute Gasteiger partial charge is 0.393 e. The molecule has 6 nitrogen and oxygen atoms in total. The molecule has 0 bridgehead atoms. The van der Waals surface area contributed by atoms with Gasteiger partial charge in [0.05, 0.1) is 12.2 Å². The van der Waals surface area contributed by atoms with Gasteiger partial charge in [0.25, 0.3) is 17.2 Å². The Morgan fingerprint density at radius 2 is 1.77 bits per heavy atom. The van der Waals surface area contributed by atoms with Gasteiger partial charge in [-0.3, -0.25) is 9.35 Å². The number of aliphatic hydroxyl groups excluding tert-OH is 2. The van der Waals surface area contributed by atoms with Crippen LogP contribution < -0.4 is 4.72 Å². The number of amides is 1. The van der Waals surface area contributed by atoms with Crippen molar-refractivity contribution in [3.8, 4) is 0 Å². The van der Waals surface area contributed by atoms with E-state index in [0.29, 0.717) is 41.1 Å². The van der Waals surface area contributed by atoms with Crippen LogP contribution in [-0.2, 0) is 11.3 Å². The zero-order valence-corrected chi connectivity index (χ0v) is 25.4. The molecule has 4 fully saturated rings. The smallest absolute Gasteiger partial charge is 0.265 e. The van der Waals surface area contributed by atoms with Crippen molar-refractivity contribution in [3.63, 3.8) is 0 Å². The van der Waals surface area contributed by atoms with Crippen LogP contribution >= 0.6 is 0 Å². The zero-order valence-electron chi connectivity index (χ0n) is 24.6. The number of fused-ring (bicyclic) bond motifs is 5. The Morgan fingerprint density at radius 3 is 2.50 bits per heavy atom. The van der Waals surface area contributed by atoms with Crippen LogP contribution in [0.4, 0.5) is 0 Å². The third kappa shape index (κ3) is 5.14. The minimum atomic E-state index is -2.40. The first kappa shape index (κ1) is 29.9. The first-order chi connectivity index (χ1) is 19.0. The molecule has 4 saturated carbocycles. The van der Waals surface area contributed by atoms with Gasteiger partial charge in [-0.2, -0.15) is 0 Å². The molecule has 1 amide bonds. The van der Waals surface area contributed by atoms with Gasteiger partial charge in [0.15, 0.2) is 0 Å². The highest BCUT2D eigenvalue weighted by Gasteiger charge is 2.64. The van der Waals surface area contributed by atoms with Crippen LogP contribution in [0.25, 0.3) is 6.08 Å². The van der Waals surface area contributed by atoms with Crippen LogP contribution in [0, 0.1) is 52.3 Å². The van der Waals surface area contributed by atoms with Gasteiger partial charge in [-0.05, 0) is 115 Å². The number of allylic oxidation sites excluding steroid dienone is 1. The zero-order chi connectivity index (χ0) is 28.8. The van der Waals surface area contributed by atoms with Crippen molar-refractivity contribution in [1.29, 1.82) is 0 Å². The lowest BCUT2D eigenvalue weighted by Crippen LogP contribution is -2.62. The second kappa shape index (κ2) is 11.6. The number of nitrogens with one attached hydrogen (secondary N) is 1. The summed E-state index contributed by atoms with van der Waals surface area (Å²) in [6, 6.07) is 7.15. The molecule has 4 aliphatic carbocycles. The number of aliphatic hydroxyl groups is 2. The highest BCUT2D eigenvalue weighted by Crippen LogP contribution is 2.69. The summed E-state index contributed by atoms with van der Waals surface area (Å²) in [4.78, 5) is 12.4. The summed E-state index contributed by atoms with van der Waals surface area (Å²) in [5.74, 6) is 2.65. The minimum absolute atomic E-state index is 0.213.